The van der Waals surface area contributed by atoms with Gasteiger partial charge in [-0.1, -0.05) is 0 Å². The van der Waals surface area contributed by atoms with E-state index in [1.807, 2.05) is 0 Å². The van der Waals surface area contributed by atoms with Crippen LogP contribution in [0.15, 0.2) is 36.7 Å². The van der Waals surface area contributed by atoms with Gasteiger partial charge in [-0.3, -0.25) is 14.9 Å². The van der Waals surface area contributed by atoms with E-state index in [1.165, 1.54) is 23.0 Å². The van der Waals surface area contributed by atoms with Gasteiger partial charge in [0.25, 0.3) is 11.6 Å². The molecule has 1 amide bonds. The number of non-ortho nitro benzene ring substituents is 1. The van der Waals surface area contributed by atoms with Crippen LogP contribution in [0.2, 0.25) is 0 Å². The zero-order valence-electron chi connectivity index (χ0n) is 12.1. The van der Waals surface area contributed by atoms with Crippen LogP contribution in [0, 0.1) is 16.0 Å². The maximum Gasteiger partial charge on any atom is 0.269 e. The molecule has 2 N–H and O–H groups in total. The van der Waals surface area contributed by atoms with Crippen LogP contribution in [0.3, 0.4) is 0 Å². The second kappa shape index (κ2) is 7.21. The van der Waals surface area contributed by atoms with Crippen molar-refractivity contribution in [1.82, 2.24) is 20.4 Å². The Bertz CT molecular complexity index is 697. The predicted molar refractivity (Wildman–Crippen MR) is 86.2 cm³/mol. The molecule has 8 nitrogen and oxygen atoms in total. The first-order valence-electron chi connectivity index (χ1n) is 6.92. The van der Waals surface area contributed by atoms with Gasteiger partial charge in [0, 0.05) is 43.9 Å². The summed E-state index contributed by atoms with van der Waals surface area (Å²) in [5, 5.41) is 20.8. The number of amides is 1. The number of benzene rings is 1. The van der Waals surface area contributed by atoms with E-state index in [1.54, 1.807) is 18.3 Å². The maximum atomic E-state index is 12.0. The largest absolute Gasteiger partial charge is 0.352 e. The van der Waals surface area contributed by atoms with Gasteiger partial charge in [0.1, 0.15) is 0 Å². The van der Waals surface area contributed by atoms with Crippen molar-refractivity contribution in [2.24, 2.45) is 5.92 Å². The minimum Gasteiger partial charge on any atom is -0.352 e. The quantitative estimate of drug-likeness (QED) is 0.629. The molecule has 2 heterocycles. The van der Waals surface area contributed by atoms with Gasteiger partial charge >= 0.3 is 0 Å². The molecule has 0 saturated carbocycles. The maximum absolute atomic E-state index is 12.0. The number of nitrogens with zero attached hydrogens (tertiary/aromatic N) is 3. The zero-order valence-corrected chi connectivity index (χ0v) is 13.0. The molecule has 1 aromatic heterocycles. The van der Waals surface area contributed by atoms with Crippen LogP contribution in [-0.4, -0.2) is 40.2 Å². The molecule has 0 radical (unpaired) electrons. The first-order valence-corrected chi connectivity index (χ1v) is 6.92. The van der Waals surface area contributed by atoms with E-state index in [4.69, 9.17) is 0 Å². The van der Waals surface area contributed by atoms with E-state index in [2.05, 4.69) is 15.7 Å². The number of halogens is 1. The molecule has 3 rings (SSSR count). The number of hydrogen-bond donors (Lipinski definition) is 2. The number of carbonyl (C=O) groups excluding carboxylic acids is 1. The Hall–Kier alpha value is -2.45. The molecular formula is C14H16ClN5O3. The van der Waals surface area contributed by atoms with Crippen molar-refractivity contribution in [3.8, 4) is 5.69 Å². The van der Waals surface area contributed by atoms with Gasteiger partial charge in [0.15, 0.2) is 0 Å². The lowest BCUT2D eigenvalue weighted by atomic mass is 10.0. The highest BCUT2D eigenvalue weighted by Crippen LogP contribution is 2.15. The molecule has 0 aliphatic carbocycles. The van der Waals surface area contributed by atoms with Crippen LogP contribution in [0.1, 0.15) is 10.4 Å². The van der Waals surface area contributed by atoms with E-state index >= 15 is 0 Å². The Morgan fingerprint density at radius 3 is 2.65 bits per heavy atom. The fraction of sp³-hybridized carbons (Fsp3) is 0.286. The first kappa shape index (κ1) is 16.9. The van der Waals surface area contributed by atoms with Gasteiger partial charge in [-0.05, 0) is 12.1 Å². The minimum absolute atomic E-state index is 0. The molecule has 0 spiro atoms. The highest BCUT2D eigenvalue weighted by atomic mass is 35.5. The minimum atomic E-state index is -0.457. The molecule has 1 aliphatic rings. The normalized spacial score (nSPS) is 13.7. The molecule has 2 aromatic rings. The molecule has 23 heavy (non-hydrogen) atoms. The summed E-state index contributed by atoms with van der Waals surface area (Å²) in [5.41, 5.74) is 1.14. The van der Waals surface area contributed by atoms with Gasteiger partial charge in [-0.15, -0.1) is 12.4 Å². The molecule has 1 fully saturated rings. The molecule has 0 unspecified atom stereocenters. The smallest absolute Gasteiger partial charge is 0.269 e. The summed E-state index contributed by atoms with van der Waals surface area (Å²) in [7, 11) is 0. The molecule has 9 heteroatoms. The fourth-order valence-electron chi connectivity index (χ4n) is 2.14. The van der Waals surface area contributed by atoms with Crippen LogP contribution in [0.4, 0.5) is 5.69 Å². The second-order valence-electron chi connectivity index (χ2n) is 5.18. The third-order valence-electron chi connectivity index (χ3n) is 3.59. The zero-order chi connectivity index (χ0) is 15.5. The summed E-state index contributed by atoms with van der Waals surface area (Å²) in [5.74, 6) is 0.328. The van der Waals surface area contributed by atoms with Crippen molar-refractivity contribution in [2.75, 3.05) is 19.6 Å². The third kappa shape index (κ3) is 3.85. The number of nitrogens with one attached hydrogen (secondary N) is 2. The molecule has 122 valence electrons. The third-order valence-corrected chi connectivity index (χ3v) is 3.59. The number of nitro groups is 1. The van der Waals surface area contributed by atoms with Gasteiger partial charge in [0.05, 0.1) is 22.4 Å². The van der Waals surface area contributed by atoms with Crippen LogP contribution in [-0.2, 0) is 0 Å². The van der Waals surface area contributed by atoms with Crippen molar-refractivity contribution in [2.45, 2.75) is 0 Å². The average Bonchev–Trinajstić information content (AvgIpc) is 2.95. The average molecular weight is 338 g/mol. The van der Waals surface area contributed by atoms with E-state index in [0.717, 1.165) is 13.1 Å². The van der Waals surface area contributed by atoms with E-state index < -0.39 is 4.92 Å². The van der Waals surface area contributed by atoms with Crippen LogP contribution < -0.4 is 10.6 Å². The molecule has 0 bridgehead atoms. The van der Waals surface area contributed by atoms with Crippen molar-refractivity contribution in [3.63, 3.8) is 0 Å². The molecular weight excluding hydrogens is 322 g/mol. The fourth-order valence-corrected chi connectivity index (χ4v) is 2.14. The Kier molecular flexibility index (Phi) is 5.30. The highest BCUT2D eigenvalue weighted by Gasteiger charge is 2.18. The number of hydrogen-bond acceptors (Lipinski definition) is 5. The standard InChI is InChI=1S/C14H15N5O3.ClH/c20-14(16-7-10-5-15-6-10)11-8-17-18(9-11)12-1-3-13(4-2-12)19(21)22;/h1-4,8-10,15H,5-7H2,(H,16,20);1H. The van der Waals surface area contributed by atoms with Crippen LogP contribution >= 0.6 is 12.4 Å². The molecule has 1 saturated heterocycles. The summed E-state index contributed by atoms with van der Waals surface area (Å²) in [6.45, 7) is 2.51. The van der Waals surface area contributed by atoms with Crippen molar-refractivity contribution < 1.29 is 9.72 Å². The van der Waals surface area contributed by atoms with E-state index in [0.29, 0.717) is 23.7 Å². The summed E-state index contributed by atoms with van der Waals surface area (Å²) >= 11 is 0. The van der Waals surface area contributed by atoms with Gasteiger partial charge in [0.2, 0.25) is 0 Å². The molecule has 1 aliphatic heterocycles. The van der Waals surface area contributed by atoms with Crippen molar-refractivity contribution in [1.29, 1.82) is 0 Å². The number of carbonyl (C=O) groups is 1. The Morgan fingerprint density at radius 2 is 2.09 bits per heavy atom. The summed E-state index contributed by atoms with van der Waals surface area (Å²) in [6.07, 6.45) is 3.09. The Labute approximate surface area is 138 Å². The predicted octanol–water partition coefficient (Wildman–Crippen LogP) is 1.15. The number of aromatic nitrogens is 2. The summed E-state index contributed by atoms with van der Waals surface area (Å²) in [6, 6.07) is 5.99. The van der Waals surface area contributed by atoms with E-state index in [-0.39, 0.29) is 24.0 Å². The lowest BCUT2D eigenvalue weighted by molar-refractivity contribution is -0.384. The monoisotopic (exact) mass is 337 g/mol. The second-order valence-corrected chi connectivity index (χ2v) is 5.18. The lowest BCUT2D eigenvalue weighted by Crippen LogP contribution is -2.48. The van der Waals surface area contributed by atoms with Crippen LogP contribution in [0.25, 0.3) is 5.69 Å². The van der Waals surface area contributed by atoms with Crippen LogP contribution in [0.5, 0.6) is 0 Å². The first-order chi connectivity index (χ1) is 10.6. The summed E-state index contributed by atoms with van der Waals surface area (Å²) < 4.78 is 1.52. The Morgan fingerprint density at radius 1 is 1.39 bits per heavy atom. The Balaban J connectivity index is 0.00000192. The SMILES string of the molecule is Cl.O=C(NCC1CNC1)c1cnn(-c2ccc([N+](=O)[O-])cc2)c1. The van der Waals surface area contributed by atoms with Gasteiger partial charge in [-0.25, -0.2) is 4.68 Å². The number of nitro benzene ring substituents is 1. The molecule has 0 atom stereocenters. The summed E-state index contributed by atoms with van der Waals surface area (Å²) in [4.78, 5) is 22.2. The topological polar surface area (TPSA) is 102 Å². The van der Waals surface area contributed by atoms with Gasteiger partial charge in [-0.2, -0.15) is 5.10 Å². The highest BCUT2D eigenvalue weighted by molar-refractivity contribution is 5.93. The number of rotatable bonds is 5. The van der Waals surface area contributed by atoms with E-state index in [9.17, 15) is 14.9 Å². The lowest BCUT2D eigenvalue weighted by Gasteiger charge is -2.26. The van der Waals surface area contributed by atoms with Crippen molar-refractivity contribution in [3.05, 3.63) is 52.3 Å². The van der Waals surface area contributed by atoms with Gasteiger partial charge < -0.3 is 10.6 Å². The molecule has 1 aromatic carbocycles. The van der Waals surface area contributed by atoms with Crippen molar-refractivity contribution >= 4 is 24.0 Å².